The van der Waals surface area contributed by atoms with Gasteiger partial charge in [-0.05, 0) is 19.5 Å². The van der Waals surface area contributed by atoms with Gasteiger partial charge in [0.15, 0.2) is 0 Å². The average molecular weight is 182 g/mol. The van der Waals surface area contributed by atoms with Crippen LogP contribution in [0.25, 0.3) is 0 Å². The number of aliphatic hydroxyl groups excluding tert-OH is 1. The predicted octanol–water partition coefficient (Wildman–Crippen LogP) is 1.26. The molecule has 0 spiro atoms. The van der Waals surface area contributed by atoms with Gasteiger partial charge >= 0.3 is 0 Å². The Morgan fingerprint density at radius 2 is 2.38 bits per heavy atom. The van der Waals surface area contributed by atoms with Crippen LogP contribution < -0.4 is 5.32 Å². The average Bonchev–Trinajstić information content (AvgIpc) is 2.14. The van der Waals surface area contributed by atoms with Crippen LogP contribution in [0.2, 0.25) is 0 Å². The first-order valence-electron chi connectivity index (χ1n) is 4.69. The maximum absolute atomic E-state index is 9.33. The van der Waals surface area contributed by atoms with E-state index in [1.54, 1.807) is 0 Å². The normalized spacial score (nSPS) is 16.5. The van der Waals surface area contributed by atoms with Gasteiger partial charge in [-0.15, -0.1) is 0 Å². The summed E-state index contributed by atoms with van der Waals surface area (Å²) in [6.07, 6.45) is 5.74. The number of allylic oxidation sites excluding steroid dienone is 3. The number of aliphatic hydroxyl groups is 1. The number of nitrogens with zero attached hydrogens (tertiary/aromatic N) is 1. The van der Waals surface area contributed by atoms with E-state index >= 15 is 0 Å². The fraction of sp³-hybridized carbons (Fsp3) is 0.600. The van der Waals surface area contributed by atoms with Crippen molar-refractivity contribution in [1.82, 2.24) is 10.2 Å². The Morgan fingerprint density at radius 3 is 3.00 bits per heavy atom. The van der Waals surface area contributed by atoms with Crippen LogP contribution >= 0.6 is 0 Å². The van der Waals surface area contributed by atoms with Crippen LogP contribution in [-0.4, -0.2) is 37.2 Å². The van der Waals surface area contributed by atoms with Gasteiger partial charge in [0, 0.05) is 32.3 Å². The molecule has 0 atom stereocenters. The molecule has 0 amide bonds. The van der Waals surface area contributed by atoms with Crippen molar-refractivity contribution in [2.24, 2.45) is 0 Å². The van der Waals surface area contributed by atoms with Gasteiger partial charge < -0.3 is 15.3 Å². The number of rotatable bonds is 4. The Morgan fingerprint density at radius 1 is 1.62 bits per heavy atom. The van der Waals surface area contributed by atoms with Crippen molar-refractivity contribution in [1.29, 1.82) is 0 Å². The van der Waals surface area contributed by atoms with E-state index in [2.05, 4.69) is 16.3 Å². The van der Waals surface area contributed by atoms with Crippen LogP contribution in [0.15, 0.2) is 23.6 Å². The Kier molecular flexibility index (Phi) is 3.83. The summed E-state index contributed by atoms with van der Waals surface area (Å²) in [4.78, 5) is 2.14. The first kappa shape index (κ1) is 10.1. The molecule has 0 aromatic heterocycles. The van der Waals surface area contributed by atoms with Crippen molar-refractivity contribution < 1.29 is 5.11 Å². The van der Waals surface area contributed by atoms with Crippen LogP contribution in [0.3, 0.4) is 0 Å². The molecule has 74 valence electrons. The Hall–Kier alpha value is -0.960. The molecule has 0 saturated carbocycles. The monoisotopic (exact) mass is 182 g/mol. The van der Waals surface area contributed by atoms with Crippen LogP contribution in [-0.2, 0) is 0 Å². The summed E-state index contributed by atoms with van der Waals surface area (Å²) >= 11 is 0. The van der Waals surface area contributed by atoms with Gasteiger partial charge in [-0.2, -0.15) is 0 Å². The molecule has 0 aliphatic heterocycles. The van der Waals surface area contributed by atoms with Crippen molar-refractivity contribution in [3.05, 3.63) is 23.6 Å². The molecule has 13 heavy (non-hydrogen) atoms. The molecule has 0 fully saturated rings. The van der Waals surface area contributed by atoms with Gasteiger partial charge in [0.25, 0.3) is 0 Å². The van der Waals surface area contributed by atoms with Gasteiger partial charge in [-0.25, -0.2) is 0 Å². The van der Waals surface area contributed by atoms with Crippen molar-refractivity contribution in [3.8, 4) is 0 Å². The molecule has 1 aliphatic carbocycles. The molecule has 0 radical (unpaired) electrons. The summed E-state index contributed by atoms with van der Waals surface area (Å²) < 4.78 is 0. The van der Waals surface area contributed by atoms with Gasteiger partial charge in [-0.1, -0.05) is 6.08 Å². The molecule has 3 nitrogen and oxygen atoms in total. The molecule has 0 aromatic rings. The molecule has 0 aromatic carbocycles. The third-order valence-electron chi connectivity index (χ3n) is 2.21. The molecular weight excluding hydrogens is 164 g/mol. The fourth-order valence-corrected chi connectivity index (χ4v) is 1.34. The van der Waals surface area contributed by atoms with E-state index in [9.17, 15) is 5.11 Å². The van der Waals surface area contributed by atoms with E-state index in [1.807, 2.05) is 20.2 Å². The van der Waals surface area contributed by atoms with Crippen LogP contribution in [0.4, 0.5) is 0 Å². The number of likely N-dealkylation sites (N-methyl/N-ethyl adjacent to an activating group) is 2. The molecule has 0 heterocycles. The number of nitrogens with one attached hydrogen (secondary N) is 1. The van der Waals surface area contributed by atoms with Crippen molar-refractivity contribution in [2.45, 2.75) is 12.8 Å². The van der Waals surface area contributed by atoms with Gasteiger partial charge in [-0.3, -0.25) is 0 Å². The van der Waals surface area contributed by atoms with Crippen LogP contribution in [0.5, 0.6) is 0 Å². The Labute approximate surface area is 79.7 Å². The van der Waals surface area contributed by atoms with E-state index in [0.717, 1.165) is 31.6 Å². The maximum Gasteiger partial charge on any atom is 0.0946 e. The van der Waals surface area contributed by atoms with Gasteiger partial charge in [0.2, 0.25) is 0 Å². The summed E-state index contributed by atoms with van der Waals surface area (Å²) in [6, 6.07) is 0. The zero-order chi connectivity index (χ0) is 9.68. The van der Waals surface area contributed by atoms with Crippen molar-refractivity contribution >= 4 is 0 Å². The van der Waals surface area contributed by atoms with Gasteiger partial charge in [0.05, 0.1) is 5.76 Å². The zero-order valence-electron chi connectivity index (χ0n) is 8.38. The maximum atomic E-state index is 9.33. The topological polar surface area (TPSA) is 35.5 Å². The molecule has 1 rings (SSSR count). The van der Waals surface area contributed by atoms with Gasteiger partial charge in [0.1, 0.15) is 0 Å². The van der Waals surface area contributed by atoms with Crippen molar-refractivity contribution in [3.63, 3.8) is 0 Å². The first-order chi connectivity index (χ1) is 6.24. The fourth-order valence-electron chi connectivity index (χ4n) is 1.34. The quantitative estimate of drug-likeness (QED) is 0.687. The Bertz CT molecular complexity index is 221. The Balaban J connectivity index is 2.46. The van der Waals surface area contributed by atoms with Crippen LogP contribution in [0, 0.1) is 0 Å². The van der Waals surface area contributed by atoms with E-state index in [4.69, 9.17) is 0 Å². The highest BCUT2D eigenvalue weighted by molar-refractivity contribution is 5.23. The lowest BCUT2D eigenvalue weighted by Crippen LogP contribution is -2.26. The number of hydrogen-bond donors (Lipinski definition) is 2. The lowest BCUT2D eigenvalue weighted by molar-refractivity contribution is 0.369. The third-order valence-corrected chi connectivity index (χ3v) is 2.21. The van der Waals surface area contributed by atoms with E-state index in [1.165, 1.54) is 0 Å². The van der Waals surface area contributed by atoms with Crippen LogP contribution in [0.1, 0.15) is 12.8 Å². The molecule has 0 saturated heterocycles. The lowest BCUT2D eigenvalue weighted by Gasteiger charge is -2.22. The molecule has 0 unspecified atom stereocenters. The van der Waals surface area contributed by atoms with E-state index in [0.29, 0.717) is 5.76 Å². The molecule has 0 bridgehead atoms. The molecular formula is C10H18N2O. The predicted molar refractivity (Wildman–Crippen MR) is 54.6 cm³/mol. The second-order valence-corrected chi connectivity index (χ2v) is 3.33. The highest BCUT2D eigenvalue weighted by atomic mass is 16.3. The minimum Gasteiger partial charge on any atom is -0.512 e. The van der Waals surface area contributed by atoms with E-state index in [-0.39, 0.29) is 0 Å². The smallest absolute Gasteiger partial charge is 0.0946 e. The summed E-state index contributed by atoms with van der Waals surface area (Å²) in [5.74, 6) is 0.494. The third kappa shape index (κ3) is 3.11. The lowest BCUT2D eigenvalue weighted by atomic mass is 10.1. The SMILES string of the molecule is CNCCN(C)C1=CCCC(O)=C1. The van der Waals surface area contributed by atoms with E-state index < -0.39 is 0 Å². The highest BCUT2D eigenvalue weighted by Gasteiger charge is 2.07. The zero-order valence-corrected chi connectivity index (χ0v) is 8.38. The number of hydrogen-bond acceptors (Lipinski definition) is 3. The minimum atomic E-state index is 0.494. The molecule has 2 N–H and O–H groups in total. The summed E-state index contributed by atoms with van der Waals surface area (Å²) in [7, 11) is 3.98. The first-order valence-corrected chi connectivity index (χ1v) is 4.69. The minimum absolute atomic E-state index is 0.494. The summed E-state index contributed by atoms with van der Waals surface area (Å²) in [5.41, 5.74) is 1.12. The largest absolute Gasteiger partial charge is 0.512 e. The second-order valence-electron chi connectivity index (χ2n) is 3.33. The second kappa shape index (κ2) is 4.92. The summed E-state index contributed by atoms with van der Waals surface area (Å²) in [6.45, 7) is 1.93. The standard InChI is InChI=1S/C10H18N2O/c1-11-6-7-12(2)9-4-3-5-10(13)8-9/h4,8,11,13H,3,5-7H2,1-2H3. The highest BCUT2D eigenvalue weighted by Crippen LogP contribution is 2.16. The summed E-state index contributed by atoms with van der Waals surface area (Å²) in [5, 5.41) is 12.4. The molecule has 1 aliphatic rings. The van der Waals surface area contributed by atoms with Crippen molar-refractivity contribution in [2.75, 3.05) is 27.2 Å². The molecule has 3 heteroatoms.